The Bertz CT molecular complexity index is 1230. The minimum atomic E-state index is -0.219. The molecule has 7 N–H and O–H groups in total. The van der Waals surface area contributed by atoms with Gasteiger partial charge < -0.3 is 32.0 Å². The second kappa shape index (κ2) is 20.7. The number of nitrogens with two attached hydrogens (primary N) is 1. The van der Waals surface area contributed by atoms with E-state index in [2.05, 4.69) is 53.1 Å². The molecule has 2 rings (SSSR count). The van der Waals surface area contributed by atoms with Gasteiger partial charge in [-0.25, -0.2) is 0 Å². The summed E-state index contributed by atoms with van der Waals surface area (Å²) in [5, 5.41) is 13.5. The highest BCUT2D eigenvalue weighted by atomic mass is 16.2. The van der Waals surface area contributed by atoms with E-state index in [1.165, 1.54) is 6.92 Å². The summed E-state index contributed by atoms with van der Waals surface area (Å²) in [6, 6.07) is 7.76. The smallest absolute Gasteiger partial charge is 0.220 e. The molecule has 1 heterocycles. The van der Waals surface area contributed by atoms with Crippen LogP contribution in [0.5, 0.6) is 0 Å². The number of unbranched alkanes of at least 4 members (excludes halogenated alkanes) is 1. The molecular weight excluding hydrogens is 580 g/mol. The van der Waals surface area contributed by atoms with E-state index in [1.54, 1.807) is 0 Å². The van der Waals surface area contributed by atoms with Crippen LogP contribution in [0.15, 0.2) is 30.5 Å². The van der Waals surface area contributed by atoms with Gasteiger partial charge in [-0.2, -0.15) is 0 Å². The van der Waals surface area contributed by atoms with Gasteiger partial charge in [-0.05, 0) is 75.0 Å². The second-order valence-corrected chi connectivity index (χ2v) is 13.4. The molecule has 1 unspecified atom stereocenters. The lowest BCUT2D eigenvalue weighted by Crippen LogP contribution is -2.41. The number of fused-ring (bicyclic) bond motifs is 1. The summed E-state index contributed by atoms with van der Waals surface area (Å²) in [7, 11) is 0. The molecular formula is C36H60N6O4. The Balaban J connectivity index is 2.04. The van der Waals surface area contributed by atoms with Gasteiger partial charge in [0, 0.05) is 67.5 Å². The minimum Gasteiger partial charge on any atom is -0.361 e. The standard InChI is InChI=1S/C36H60N6O4/c1-7-31(24(2)3)42-36(46)19-16-29(22-27-23-38-33-14-9-8-13-30(27)33)41-34(44)18-15-28(12-10-11-21-37)40-35(45)20-17-32(25(4)5)39-26(6)43/h8-9,13-14,23-25,28-29,31-32,38H,7,10-12,15-22,37H2,1-6H3,(H,39,43)(H,40,45)(H,41,44)(H,42,46)/t28-,29+,31?,32+/m0/s1. The SMILES string of the molecule is CCC(NC(=O)CC[C@H](Cc1c[nH]c2ccccc12)NC(=O)CC[C@H](CCCCN)NC(=O)CC[C@@H](NC(C)=O)C(C)C)C(C)C. The molecule has 0 aliphatic rings. The average Bonchev–Trinajstić information content (AvgIpc) is 3.41. The number of aromatic nitrogens is 1. The zero-order valence-electron chi connectivity index (χ0n) is 29.0. The molecule has 0 aliphatic carbocycles. The largest absolute Gasteiger partial charge is 0.361 e. The van der Waals surface area contributed by atoms with Crippen LogP contribution in [0.1, 0.15) is 111 Å². The minimum absolute atomic E-state index is 0.000357. The van der Waals surface area contributed by atoms with Crippen LogP contribution in [0.3, 0.4) is 0 Å². The number of H-pyrrole nitrogens is 1. The third-order valence-corrected chi connectivity index (χ3v) is 8.78. The molecule has 4 amide bonds. The number of rotatable bonds is 22. The molecule has 10 heteroatoms. The maximum Gasteiger partial charge on any atom is 0.220 e. The molecule has 2 aromatic rings. The molecule has 0 saturated carbocycles. The maximum absolute atomic E-state index is 13.3. The number of hydrogen-bond donors (Lipinski definition) is 6. The Hall–Kier alpha value is -3.40. The van der Waals surface area contributed by atoms with Gasteiger partial charge in [0.1, 0.15) is 0 Å². The first-order valence-electron chi connectivity index (χ1n) is 17.3. The summed E-state index contributed by atoms with van der Waals surface area (Å²) in [4.78, 5) is 54.0. The van der Waals surface area contributed by atoms with Crippen molar-refractivity contribution < 1.29 is 19.2 Å². The van der Waals surface area contributed by atoms with E-state index in [0.29, 0.717) is 51.0 Å². The fraction of sp³-hybridized carbons (Fsp3) is 0.667. The molecule has 1 aromatic carbocycles. The summed E-state index contributed by atoms with van der Waals surface area (Å²) in [6.45, 7) is 12.4. The summed E-state index contributed by atoms with van der Waals surface area (Å²) in [5.74, 6) is 0.287. The maximum atomic E-state index is 13.3. The lowest BCUT2D eigenvalue weighted by molar-refractivity contribution is -0.125. The van der Waals surface area contributed by atoms with E-state index in [9.17, 15) is 19.2 Å². The first-order chi connectivity index (χ1) is 21.9. The molecule has 0 bridgehead atoms. The van der Waals surface area contributed by atoms with Gasteiger partial charge >= 0.3 is 0 Å². The van der Waals surface area contributed by atoms with Crippen molar-refractivity contribution in [3.8, 4) is 0 Å². The second-order valence-electron chi connectivity index (χ2n) is 13.4. The zero-order chi connectivity index (χ0) is 34.1. The van der Waals surface area contributed by atoms with E-state index < -0.39 is 0 Å². The third kappa shape index (κ3) is 14.4. The normalized spacial score (nSPS) is 14.1. The van der Waals surface area contributed by atoms with Crippen LogP contribution in [0.4, 0.5) is 0 Å². The topological polar surface area (TPSA) is 158 Å². The molecule has 0 fully saturated rings. The molecule has 0 radical (unpaired) electrons. The van der Waals surface area contributed by atoms with Crippen LogP contribution in [0, 0.1) is 11.8 Å². The van der Waals surface area contributed by atoms with Crippen molar-refractivity contribution in [3.63, 3.8) is 0 Å². The Morgan fingerprint density at radius 3 is 1.93 bits per heavy atom. The van der Waals surface area contributed by atoms with E-state index >= 15 is 0 Å². The predicted molar refractivity (Wildman–Crippen MR) is 186 cm³/mol. The molecule has 0 spiro atoms. The Morgan fingerprint density at radius 1 is 0.739 bits per heavy atom. The molecule has 46 heavy (non-hydrogen) atoms. The van der Waals surface area contributed by atoms with Gasteiger partial charge in [-0.1, -0.05) is 59.2 Å². The van der Waals surface area contributed by atoms with Gasteiger partial charge in [-0.15, -0.1) is 0 Å². The fourth-order valence-corrected chi connectivity index (χ4v) is 5.96. The number of hydrogen-bond acceptors (Lipinski definition) is 5. The Kier molecular flexibility index (Phi) is 17.4. The lowest BCUT2D eigenvalue weighted by atomic mass is 9.98. The van der Waals surface area contributed by atoms with E-state index in [-0.39, 0.29) is 60.1 Å². The zero-order valence-corrected chi connectivity index (χ0v) is 29.0. The molecule has 0 aliphatic heterocycles. The first-order valence-corrected chi connectivity index (χ1v) is 17.3. The van der Waals surface area contributed by atoms with Gasteiger partial charge in [-0.3, -0.25) is 19.2 Å². The van der Waals surface area contributed by atoms with Crippen LogP contribution in [-0.2, 0) is 25.6 Å². The van der Waals surface area contributed by atoms with Crippen molar-refractivity contribution in [1.29, 1.82) is 0 Å². The predicted octanol–water partition coefficient (Wildman–Crippen LogP) is 4.86. The molecule has 258 valence electrons. The average molecular weight is 641 g/mol. The van der Waals surface area contributed by atoms with Crippen LogP contribution in [-0.4, -0.2) is 59.3 Å². The van der Waals surface area contributed by atoms with E-state index in [4.69, 9.17) is 5.73 Å². The van der Waals surface area contributed by atoms with Crippen LogP contribution >= 0.6 is 0 Å². The molecule has 10 nitrogen and oxygen atoms in total. The number of carbonyl (C=O) groups is 4. The number of benzene rings is 1. The van der Waals surface area contributed by atoms with Crippen LogP contribution in [0.2, 0.25) is 0 Å². The quantitative estimate of drug-likeness (QED) is 0.101. The van der Waals surface area contributed by atoms with Gasteiger partial charge in [0.15, 0.2) is 0 Å². The van der Waals surface area contributed by atoms with Gasteiger partial charge in [0.05, 0.1) is 0 Å². The van der Waals surface area contributed by atoms with Crippen molar-refractivity contribution in [2.75, 3.05) is 6.54 Å². The summed E-state index contributed by atoms with van der Waals surface area (Å²) in [5.41, 5.74) is 7.85. The van der Waals surface area contributed by atoms with E-state index in [1.807, 2.05) is 38.2 Å². The fourth-order valence-electron chi connectivity index (χ4n) is 5.96. The van der Waals surface area contributed by atoms with Gasteiger partial charge in [0.2, 0.25) is 23.6 Å². The summed E-state index contributed by atoms with van der Waals surface area (Å²) < 4.78 is 0. The molecule has 4 atom stereocenters. The number of amides is 4. The Morgan fingerprint density at radius 2 is 1.33 bits per heavy atom. The van der Waals surface area contributed by atoms with Crippen molar-refractivity contribution in [3.05, 3.63) is 36.0 Å². The summed E-state index contributed by atoms with van der Waals surface area (Å²) >= 11 is 0. The number of nitrogens with one attached hydrogen (secondary N) is 5. The number of para-hydroxylation sites is 1. The highest BCUT2D eigenvalue weighted by Gasteiger charge is 2.22. The van der Waals surface area contributed by atoms with Crippen molar-refractivity contribution in [2.45, 2.75) is 136 Å². The third-order valence-electron chi connectivity index (χ3n) is 8.78. The Labute approximate surface area is 276 Å². The number of carbonyl (C=O) groups excluding carboxylic acids is 4. The first kappa shape index (κ1) is 38.8. The highest BCUT2D eigenvalue weighted by Crippen LogP contribution is 2.21. The van der Waals surface area contributed by atoms with Crippen LogP contribution < -0.4 is 27.0 Å². The van der Waals surface area contributed by atoms with Crippen molar-refractivity contribution in [1.82, 2.24) is 26.3 Å². The molecule has 1 aromatic heterocycles. The highest BCUT2D eigenvalue weighted by molar-refractivity contribution is 5.83. The van der Waals surface area contributed by atoms with Crippen molar-refractivity contribution in [2.24, 2.45) is 17.6 Å². The van der Waals surface area contributed by atoms with Gasteiger partial charge in [0.25, 0.3) is 0 Å². The summed E-state index contributed by atoms with van der Waals surface area (Å²) in [6.07, 6.45) is 8.37. The van der Waals surface area contributed by atoms with E-state index in [0.717, 1.165) is 42.1 Å². The number of aromatic amines is 1. The monoisotopic (exact) mass is 640 g/mol. The van der Waals surface area contributed by atoms with Crippen molar-refractivity contribution >= 4 is 34.5 Å². The lowest BCUT2D eigenvalue weighted by Gasteiger charge is -2.24. The van der Waals surface area contributed by atoms with Crippen LogP contribution in [0.25, 0.3) is 10.9 Å². The molecule has 0 saturated heterocycles.